The van der Waals surface area contributed by atoms with Gasteiger partial charge in [0.2, 0.25) is 0 Å². The molecule has 0 aliphatic heterocycles. The lowest BCUT2D eigenvalue weighted by Gasteiger charge is -2.12. The third-order valence-electron chi connectivity index (χ3n) is 1.65. The number of hydrogen-bond donors (Lipinski definition) is 1. The van der Waals surface area contributed by atoms with Crippen LogP contribution < -0.4 is 10.5 Å². The van der Waals surface area contributed by atoms with Crippen molar-refractivity contribution in [2.45, 2.75) is 20.0 Å². The van der Waals surface area contributed by atoms with Crippen LogP contribution in [0.2, 0.25) is 0 Å². The fourth-order valence-electron chi connectivity index (χ4n) is 1.04. The number of nitrogen functional groups attached to an aromatic ring is 1. The van der Waals surface area contributed by atoms with E-state index in [0.29, 0.717) is 15.0 Å². The molecule has 2 N–H and O–H groups in total. The second-order valence-corrected chi connectivity index (χ2v) is 4.43. The maximum atomic E-state index is 10.6. The highest BCUT2D eigenvalue weighted by Crippen LogP contribution is 2.32. The Labute approximate surface area is 101 Å². The monoisotopic (exact) mass is 322 g/mol. The van der Waals surface area contributed by atoms with Crippen LogP contribution in [0.4, 0.5) is 11.4 Å². The molecule has 0 aliphatic carbocycles. The molecule has 1 aromatic carbocycles. The van der Waals surface area contributed by atoms with Crippen LogP contribution >= 0.6 is 22.6 Å². The second kappa shape index (κ2) is 4.65. The van der Waals surface area contributed by atoms with Gasteiger partial charge < -0.3 is 10.5 Å². The van der Waals surface area contributed by atoms with Gasteiger partial charge in [-0.2, -0.15) is 0 Å². The van der Waals surface area contributed by atoms with Crippen LogP contribution in [0.1, 0.15) is 13.8 Å². The van der Waals surface area contributed by atoms with E-state index in [1.807, 2.05) is 36.4 Å². The molecule has 0 saturated carbocycles. The van der Waals surface area contributed by atoms with Crippen molar-refractivity contribution in [3.8, 4) is 5.75 Å². The number of ether oxygens (including phenoxy) is 1. The Balaban J connectivity index is 3.19. The maximum Gasteiger partial charge on any atom is 0.274 e. The standard InChI is InChI=1S/C9H11IN2O3/c1-5(2)15-8-4-6(12(13)14)3-7(10)9(8)11/h3-5H,11H2,1-2H3. The summed E-state index contributed by atoms with van der Waals surface area (Å²) in [6, 6.07) is 2.76. The largest absolute Gasteiger partial charge is 0.489 e. The van der Waals surface area contributed by atoms with Crippen LogP contribution in [0.5, 0.6) is 5.75 Å². The summed E-state index contributed by atoms with van der Waals surface area (Å²) >= 11 is 1.95. The van der Waals surface area contributed by atoms with E-state index >= 15 is 0 Å². The van der Waals surface area contributed by atoms with Gasteiger partial charge in [-0.15, -0.1) is 0 Å². The minimum atomic E-state index is -0.464. The predicted octanol–water partition coefficient (Wildman–Crippen LogP) is 2.57. The number of nitrogens with zero attached hydrogens (tertiary/aromatic N) is 1. The number of anilines is 1. The topological polar surface area (TPSA) is 78.4 Å². The third kappa shape index (κ3) is 2.95. The van der Waals surface area contributed by atoms with E-state index in [-0.39, 0.29) is 11.8 Å². The fourth-order valence-corrected chi connectivity index (χ4v) is 1.62. The molecule has 1 aromatic rings. The first kappa shape index (κ1) is 12.0. The van der Waals surface area contributed by atoms with Gasteiger partial charge in [-0.1, -0.05) is 0 Å². The van der Waals surface area contributed by atoms with Crippen molar-refractivity contribution in [1.82, 2.24) is 0 Å². The molecule has 0 bridgehead atoms. The molecule has 0 aromatic heterocycles. The van der Waals surface area contributed by atoms with Gasteiger partial charge in [0.25, 0.3) is 5.69 Å². The zero-order valence-corrected chi connectivity index (χ0v) is 10.5. The number of rotatable bonds is 3. The molecule has 1 rings (SSSR count). The molecule has 0 unspecified atom stereocenters. The van der Waals surface area contributed by atoms with Crippen LogP contribution in [0, 0.1) is 13.7 Å². The summed E-state index contributed by atoms with van der Waals surface area (Å²) in [4.78, 5) is 10.1. The summed E-state index contributed by atoms with van der Waals surface area (Å²) in [5.41, 5.74) is 6.17. The van der Waals surface area contributed by atoms with Crippen LogP contribution in [-0.4, -0.2) is 11.0 Å². The summed E-state index contributed by atoms with van der Waals surface area (Å²) in [5.74, 6) is 0.364. The average Bonchev–Trinajstić information content (AvgIpc) is 2.11. The SMILES string of the molecule is CC(C)Oc1cc([N+](=O)[O-])cc(I)c1N. The highest BCUT2D eigenvalue weighted by atomic mass is 127. The first-order chi connectivity index (χ1) is 6.91. The Morgan fingerprint density at radius 2 is 2.13 bits per heavy atom. The maximum absolute atomic E-state index is 10.6. The average molecular weight is 322 g/mol. The van der Waals surface area contributed by atoms with Gasteiger partial charge in [0.05, 0.1) is 22.8 Å². The molecule has 0 spiro atoms. The molecule has 82 valence electrons. The molecule has 0 aliphatic rings. The first-order valence-corrected chi connectivity index (χ1v) is 5.39. The van der Waals surface area contributed by atoms with Crippen molar-refractivity contribution in [3.63, 3.8) is 0 Å². The van der Waals surface area contributed by atoms with Gasteiger partial charge >= 0.3 is 0 Å². The van der Waals surface area contributed by atoms with E-state index in [1.165, 1.54) is 12.1 Å². The normalized spacial score (nSPS) is 10.4. The molecule has 0 fully saturated rings. The van der Waals surface area contributed by atoms with Crippen LogP contribution in [0.25, 0.3) is 0 Å². The Hall–Kier alpha value is -1.05. The molecular formula is C9H11IN2O3. The summed E-state index contributed by atoms with van der Waals surface area (Å²) in [6.45, 7) is 3.68. The van der Waals surface area contributed by atoms with Gasteiger partial charge in [0.15, 0.2) is 5.75 Å². The smallest absolute Gasteiger partial charge is 0.274 e. The van der Waals surface area contributed by atoms with Crippen molar-refractivity contribution in [1.29, 1.82) is 0 Å². The van der Waals surface area contributed by atoms with E-state index in [2.05, 4.69) is 0 Å². The zero-order chi connectivity index (χ0) is 11.6. The number of nitrogens with two attached hydrogens (primary N) is 1. The number of benzene rings is 1. The number of hydrogen-bond acceptors (Lipinski definition) is 4. The summed E-state index contributed by atoms with van der Waals surface area (Å²) in [6.07, 6.45) is -0.0647. The Morgan fingerprint density at radius 3 is 2.60 bits per heavy atom. The van der Waals surface area contributed by atoms with E-state index in [9.17, 15) is 10.1 Å². The van der Waals surface area contributed by atoms with Crippen molar-refractivity contribution in [2.75, 3.05) is 5.73 Å². The molecule has 0 radical (unpaired) electrons. The van der Waals surface area contributed by atoms with Crippen LogP contribution in [0.15, 0.2) is 12.1 Å². The highest BCUT2D eigenvalue weighted by Gasteiger charge is 2.14. The molecular weight excluding hydrogens is 311 g/mol. The van der Waals surface area contributed by atoms with Crippen molar-refractivity contribution in [2.24, 2.45) is 0 Å². The van der Waals surface area contributed by atoms with Gasteiger partial charge in [-0.05, 0) is 36.4 Å². The summed E-state index contributed by atoms with van der Waals surface area (Å²) in [5, 5.41) is 10.6. The highest BCUT2D eigenvalue weighted by molar-refractivity contribution is 14.1. The van der Waals surface area contributed by atoms with Crippen LogP contribution in [0.3, 0.4) is 0 Å². The fraction of sp³-hybridized carbons (Fsp3) is 0.333. The van der Waals surface area contributed by atoms with Crippen molar-refractivity contribution >= 4 is 34.0 Å². The van der Waals surface area contributed by atoms with Crippen molar-refractivity contribution < 1.29 is 9.66 Å². The number of non-ortho nitro benzene ring substituents is 1. The summed E-state index contributed by atoms with van der Waals surface area (Å²) < 4.78 is 6.01. The molecule has 15 heavy (non-hydrogen) atoms. The number of nitro benzene ring substituents is 1. The Morgan fingerprint density at radius 1 is 1.53 bits per heavy atom. The lowest BCUT2D eigenvalue weighted by molar-refractivity contribution is -0.385. The number of halogens is 1. The molecule has 5 nitrogen and oxygen atoms in total. The minimum absolute atomic E-state index is 0.00995. The second-order valence-electron chi connectivity index (χ2n) is 3.26. The molecule has 0 atom stereocenters. The minimum Gasteiger partial charge on any atom is -0.489 e. The van der Waals surface area contributed by atoms with Crippen molar-refractivity contribution in [3.05, 3.63) is 25.8 Å². The molecule has 0 saturated heterocycles. The van der Waals surface area contributed by atoms with Crippen LogP contribution in [-0.2, 0) is 0 Å². The molecule has 0 amide bonds. The Kier molecular flexibility index (Phi) is 3.72. The first-order valence-electron chi connectivity index (χ1n) is 4.32. The van der Waals surface area contributed by atoms with Gasteiger partial charge in [0, 0.05) is 9.64 Å². The third-order valence-corrected chi connectivity index (χ3v) is 2.54. The van der Waals surface area contributed by atoms with E-state index in [4.69, 9.17) is 10.5 Å². The Bertz CT molecular complexity index is 393. The molecule has 6 heteroatoms. The zero-order valence-electron chi connectivity index (χ0n) is 8.36. The van der Waals surface area contributed by atoms with Gasteiger partial charge in [0.1, 0.15) is 0 Å². The lowest BCUT2D eigenvalue weighted by Crippen LogP contribution is -2.08. The molecule has 0 heterocycles. The van der Waals surface area contributed by atoms with E-state index in [1.54, 1.807) is 0 Å². The number of nitro groups is 1. The lowest BCUT2D eigenvalue weighted by atomic mass is 10.2. The summed E-state index contributed by atoms with van der Waals surface area (Å²) in [7, 11) is 0. The predicted molar refractivity (Wildman–Crippen MR) is 66.0 cm³/mol. The van der Waals surface area contributed by atoms with Gasteiger partial charge in [-0.3, -0.25) is 10.1 Å². The van der Waals surface area contributed by atoms with Gasteiger partial charge in [-0.25, -0.2) is 0 Å². The van der Waals surface area contributed by atoms with E-state index in [0.717, 1.165) is 0 Å². The quantitative estimate of drug-likeness (QED) is 0.401. The van der Waals surface area contributed by atoms with E-state index < -0.39 is 4.92 Å².